The molecule has 0 atom stereocenters. The van der Waals surface area contributed by atoms with Crippen LogP contribution in [0.25, 0.3) is 0 Å². The van der Waals surface area contributed by atoms with Gasteiger partial charge in [0.1, 0.15) is 6.54 Å². The molecular weight excluding hydrogens is 551 g/mol. The first kappa shape index (κ1) is 26.7. The number of benzene rings is 3. The predicted molar refractivity (Wildman–Crippen MR) is 157 cm³/mol. The fourth-order valence-electron chi connectivity index (χ4n) is 7.52. The minimum Gasteiger partial charge on any atom is -0.325 e. The van der Waals surface area contributed by atoms with E-state index in [0.717, 1.165) is 27.6 Å². The highest BCUT2D eigenvalue weighted by molar-refractivity contribution is 7.92. The summed E-state index contributed by atoms with van der Waals surface area (Å²) in [5.74, 6) is 2.10. The quantitative estimate of drug-likeness (QED) is 0.312. The molecule has 204 valence electrons. The van der Waals surface area contributed by atoms with Gasteiger partial charge in [-0.15, -0.1) is 0 Å². The molecule has 4 bridgehead atoms. The van der Waals surface area contributed by atoms with Gasteiger partial charge in [0, 0.05) is 10.7 Å². The normalized spacial score (nSPS) is 25.5. The first-order valence-electron chi connectivity index (χ1n) is 13.6. The van der Waals surface area contributed by atoms with E-state index in [-0.39, 0.29) is 21.0 Å². The van der Waals surface area contributed by atoms with Crippen molar-refractivity contribution in [3.63, 3.8) is 0 Å². The number of nitrogens with zero attached hydrogens (tertiary/aromatic N) is 1. The molecule has 4 aliphatic rings. The molecule has 1 N–H and O–H groups in total. The van der Waals surface area contributed by atoms with Gasteiger partial charge < -0.3 is 5.32 Å². The molecule has 8 heteroatoms. The molecule has 7 rings (SSSR count). The van der Waals surface area contributed by atoms with Crippen LogP contribution in [0.5, 0.6) is 0 Å². The lowest BCUT2D eigenvalue weighted by Crippen LogP contribution is -2.48. The highest BCUT2D eigenvalue weighted by Gasteiger charge is 2.51. The third kappa shape index (κ3) is 5.19. The number of hydrogen-bond donors (Lipinski definition) is 1. The van der Waals surface area contributed by atoms with Crippen molar-refractivity contribution in [3.05, 3.63) is 87.9 Å². The van der Waals surface area contributed by atoms with Crippen molar-refractivity contribution in [3.8, 4) is 0 Å². The van der Waals surface area contributed by atoms with Crippen LogP contribution >= 0.6 is 23.2 Å². The van der Waals surface area contributed by atoms with Crippen molar-refractivity contribution in [1.29, 1.82) is 0 Å². The lowest BCUT2D eigenvalue weighted by atomic mass is 9.48. The van der Waals surface area contributed by atoms with Gasteiger partial charge in [0.05, 0.1) is 15.6 Å². The highest BCUT2D eigenvalue weighted by Crippen LogP contribution is 2.60. The zero-order chi connectivity index (χ0) is 27.4. The standard InChI is InChI=1S/C31H32Cl2N2O3S/c1-20-2-9-27(10-3-20)39(37,38)35(29-15-25(32)6-11-28(29)33)19-30(36)34-26-7-4-24(5-8-26)31-16-21-12-22(17-31)14-23(13-21)18-31/h2-11,15,21-23H,12-14,16-19H2,1H3,(H,34,36). The zero-order valence-corrected chi connectivity index (χ0v) is 24.2. The van der Waals surface area contributed by atoms with Gasteiger partial charge >= 0.3 is 0 Å². The minimum absolute atomic E-state index is 0.0665. The average Bonchev–Trinajstić information content (AvgIpc) is 2.88. The summed E-state index contributed by atoms with van der Waals surface area (Å²) < 4.78 is 28.4. The number of halogens is 2. The summed E-state index contributed by atoms with van der Waals surface area (Å²) in [7, 11) is -4.10. The molecule has 4 saturated carbocycles. The second-order valence-electron chi connectivity index (χ2n) is 11.7. The summed E-state index contributed by atoms with van der Waals surface area (Å²) in [5.41, 5.74) is 3.36. The van der Waals surface area contributed by atoms with Crippen molar-refractivity contribution >= 4 is 50.5 Å². The van der Waals surface area contributed by atoms with Gasteiger partial charge in [-0.3, -0.25) is 9.10 Å². The summed E-state index contributed by atoms with van der Waals surface area (Å²) in [6.07, 6.45) is 8.01. The van der Waals surface area contributed by atoms with E-state index in [4.69, 9.17) is 23.2 Å². The molecule has 5 nitrogen and oxygen atoms in total. The number of amides is 1. The van der Waals surface area contributed by atoms with Crippen molar-refractivity contribution in [2.75, 3.05) is 16.2 Å². The molecular formula is C31H32Cl2N2O3S. The second-order valence-corrected chi connectivity index (χ2v) is 14.4. The zero-order valence-electron chi connectivity index (χ0n) is 21.9. The fourth-order valence-corrected chi connectivity index (χ4v) is 9.38. The van der Waals surface area contributed by atoms with Crippen LogP contribution < -0.4 is 9.62 Å². The minimum atomic E-state index is -4.10. The number of carbonyl (C=O) groups is 1. The monoisotopic (exact) mass is 582 g/mol. The molecule has 0 aliphatic heterocycles. The highest BCUT2D eigenvalue weighted by atomic mass is 35.5. The SMILES string of the molecule is Cc1ccc(S(=O)(=O)N(CC(=O)Nc2ccc(C34CC5CC(CC(C5)C3)C4)cc2)c2cc(Cl)ccc2Cl)cc1. The molecule has 0 aromatic heterocycles. The first-order valence-corrected chi connectivity index (χ1v) is 15.8. The van der Waals surface area contributed by atoms with Crippen LogP contribution in [0.1, 0.15) is 49.7 Å². The van der Waals surface area contributed by atoms with E-state index in [2.05, 4.69) is 17.4 Å². The maximum Gasteiger partial charge on any atom is 0.264 e. The average molecular weight is 584 g/mol. The van der Waals surface area contributed by atoms with Crippen LogP contribution in [-0.4, -0.2) is 20.9 Å². The van der Waals surface area contributed by atoms with Gasteiger partial charge in [0.2, 0.25) is 5.91 Å². The van der Waals surface area contributed by atoms with Crippen molar-refractivity contribution in [1.82, 2.24) is 0 Å². The Morgan fingerprint density at radius 1 is 0.897 bits per heavy atom. The molecule has 3 aromatic carbocycles. The van der Waals surface area contributed by atoms with Crippen molar-refractivity contribution in [2.45, 2.75) is 55.8 Å². The van der Waals surface area contributed by atoms with E-state index in [0.29, 0.717) is 10.7 Å². The maximum atomic E-state index is 13.7. The van der Waals surface area contributed by atoms with Gasteiger partial charge in [-0.1, -0.05) is 53.0 Å². The van der Waals surface area contributed by atoms with Crippen LogP contribution in [0.4, 0.5) is 11.4 Å². The smallest absolute Gasteiger partial charge is 0.264 e. The Balaban J connectivity index is 1.23. The topological polar surface area (TPSA) is 66.5 Å². The van der Waals surface area contributed by atoms with E-state index in [1.165, 1.54) is 68.4 Å². The summed E-state index contributed by atoms with van der Waals surface area (Å²) >= 11 is 12.6. The Hall–Kier alpha value is -2.54. The molecule has 0 heterocycles. The van der Waals surface area contributed by atoms with E-state index in [1.54, 1.807) is 18.2 Å². The number of carbonyl (C=O) groups excluding carboxylic acids is 1. The van der Waals surface area contributed by atoms with E-state index in [9.17, 15) is 13.2 Å². The number of anilines is 2. The molecule has 1 amide bonds. The summed E-state index contributed by atoms with van der Waals surface area (Å²) in [5, 5.41) is 3.39. The van der Waals surface area contributed by atoms with E-state index < -0.39 is 22.5 Å². The molecule has 3 aromatic rings. The van der Waals surface area contributed by atoms with Crippen LogP contribution in [0, 0.1) is 24.7 Å². The Morgan fingerprint density at radius 3 is 2.08 bits per heavy atom. The Labute approximate surface area is 240 Å². The molecule has 0 radical (unpaired) electrons. The summed E-state index contributed by atoms with van der Waals surface area (Å²) in [6, 6.07) is 19.2. The van der Waals surface area contributed by atoms with E-state index >= 15 is 0 Å². The summed E-state index contributed by atoms with van der Waals surface area (Å²) in [4.78, 5) is 13.3. The second kappa shape index (κ2) is 10.1. The predicted octanol–water partition coefficient (Wildman–Crippen LogP) is 7.60. The Bertz CT molecular complexity index is 1470. The summed E-state index contributed by atoms with van der Waals surface area (Å²) in [6.45, 7) is 1.43. The number of aryl methyl sites for hydroxylation is 1. The molecule has 39 heavy (non-hydrogen) atoms. The molecule has 0 saturated heterocycles. The lowest BCUT2D eigenvalue weighted by molar-refractivity contribution is -0.114. The van der Waals surface area contributed by atoms with Gasteiger partial charge in [-0.25, -0.2) is 8.42 Å². The molecule has 0 unspecified atom stereocenters. The lowest BCUT2D eigenvalue weighted by Gasteiger charge is -2.57. The molecule has 0 spiro atoms. The number of rotatable bonds is 7. The van der Waals surface area contributed by atoms with Gasteiger partial charge in [-0.05, 0) is 117 Å². The van der Waals surface area contributed by atoms with Crippen LogP contribution in [0.3, 0.4) is 0 Å². The van der Waals surface area contributed by atoms with Crippen LogP contribution in [0.15, 0.2) is 71.6 Å². The number of hydrogen-bond acceptors (Lipinski definition) is 3. The third-order valence-electron chi connectivity index (χ3n) is 8.89. The van der Waals surface area contributed by atoms with E-state index in [1.807, 2.05) is 19.1 Å². The largest absolute Gasteiger partial charge is 0.325 e. The van der Waals surface area contributed by atoms with Crippen molar-refractivity contribution < 1.29 is 13.2 Å². The third-order valence-corrected chi connectivity index (χ3v) is 11.2. The Kier molecular flexibility index (Phi) is 6.93. The van der Waals surface area contributed by atoms with Gasteiger partial charge in [0.15, 0.2) is 0 Å². The molecule has 4 fully saturated rings. The first-order chi connectivity index (χ1) is 18.6. The Morgan fingerprint density at radius 2 is 1.49 bits per heavy atom. The van der Waals surface area contributed by atoms with Crippen LogP contribution in [-0.2, 0) is 20.2 Å². The molecule has 4 aliphatic carbocycles. The number of nitrogens with one attached hydrogen (secondary N) is 1. The van der Waals surface area contributed by atoms with Crippen molar-refractivity contribution in [2.24, 2.45) is 17.8 Å². The maximum absolute atomic E-state index is 13.7. The van der Waals surface area contributed by atoms with Crippen LogP contribution in [0.2, 0.25) is 10.0 Å². The van der Waals surface area contributed by atoms with Gasteiger partial charge in [-0.2, -0.15) is 0 Å². The van der Waals surface area contributed by atoms with Gasteiger partial charge in [0.25, 0.3) is 10.0 Å². The number of sulfonamides is 1. The fraction of sp³-hybridized carbons (Fsp3) is 0.387.